The number of hydrogen-bond acceptors (Lipinski definition) is 4. The van der Waals surface area contributed by atoms with E-state index in [-0.39, 0.29) is 5.91 Å². The molecule has 0 radical (unpaired) electrons. The molecule has 0 bridgehead atoms. The van der Waals surface area contributed by atoms with Crippen molar-refractivity contribution in [2.45, 2.75) is 13.0 Å². The summed E-state index contributed by atoms with van der Waals surface area (Å²) in [5, 5.41) is 3.06. The Labute approximate surface area is 111 Å². The normalized spacial score (nSPS) is 11.8. The minimum absolute atomic E-state index is 0.281. The maximum Gasteiger partial charge on any atom is 0.253 e. The van der Waals surface area contributed by atoms with Crippen LogP contribution in [-0.2, 0) is 9.53 Å². The van der Waals surface area contributed by atoms with Crippen LogP contribution in [0.2, 0.25) is 5.02 Å². The predicted octanol–water partition coefficient (Wildman–Crippen LogP) is 2.33. The summed E-state index contributed by atoms with van der Waals surface area (Å²) in [6, 6.07) is 3.18. The zero-order valence-corrected chi connectivity index (χ0v) is 11.5. The third kappa shape index (κ3) is 3.27. The summed E-state index contributed by atoms with van der Waals surface area (Å²) >= 11 is 5.99. The first kappa shape index (κ1) is 14.6. The second-order valence-electron chi connectivity index (χ2n) is 3.55. The van der Waals surface area contributed by atoms with Crippen molar-refractivity contribution in [3.63, 3.8) is 0 Å². The number of anilines is 1. The summed E-state index contributed by atoms with van der Waals surface area (Å²) in [7, 11) is 4.46. The van der Waals surface area contributed by atoms with Crippen molar-refractivity contribution in [2.24, 2.45) is 0 Å². The zero-order chi connectivity index (χ0) is 13.7. The summed E-state index contributed by atoms with van der Waals surface area (Å²) in [6.07, 6.45) is -0.560. The fourth-order valence-electron chi connectivity index (χ4n) is 1.30. The van der Waals surface area contributed by atoms with Crippen molar-refractivity contribution >= 4 is 23.2 Å². The van der Waals surface area contributed by atoms with E-state index in [0.29, 0.717) is 22.2 Å². The van der Waals surface area contributed by atoms with E-state index < -0.39 is 6.10 Å². The van der Waals surface area contributed by atoms with Crippen molar-refractivity contribution < 1.29 is 19.0 Å². The van der Waals surface area contributed by atoms with E-state index in [2.05, 4.69) is 5.32 Å². The number of methoxy groups -OCH3 is 3. The summed E-state index contributed by atoms with van der Waals surface area (Å²) in [5.74, 6) is 0.663. The van der Waals surface area contributed by atoms with Crippen LogP contribution in [0.3, 0.4) is 0 Å². The monoisotopic (exact) mass is 273 g/mol. The topological polar surface area (TPSA) is 56.8 Å². The van der Waals surface area contributed by atoms with Crippen LogP contribution < -0.4 is 14.8 Å². The van der Waals surface area contributed by atoms with Gasteiger partial charge in [0.1, 0.15) is 17.6 Å². The summed E-state index contributed by atoms with van der Waals surface area (Å²) in [4.78, 5) is 11.7. The third-order valence-electron chi connectivity index (χ3n) is 2.45. The fourth-order valence-corrected chi connectivity index (χ4v) is 1.54. The number of amides is 1. The molecule has 0 spiro atoms. The lowest BCUT2D eigenvalue weighted by atomic mass is 10.2. The van der Waals surface area contributed by atoms with Crippen LogP contribution in [0.1, 0.15) is 6.92 Å². The van der Waals surface area contributed by atoms with Crippen LogP contribution in [0.4, 0.5) is 5.69 Å². The molecule has 0 saturated heterocycles. The quantitative estimate of drug-likeness (QED) is 0.895. The first-order valence-electron chi connectivity index (χ1n) is 5.28. The molecule has 1 N–H and O–H groups in total. The summed E-state index contributed by atoms with van der Waals surface area (Å²) in [6.45, 7) is 1.65. The lowest BCUT2D eigenvalue weighted by molar-refractivity contribution is -0.124. The Bertz CT molecular complexity index is 436. The van der Waals surface area contributed by atoms with Gasteiger partial charge in [-0.3, -0.25) is 4.79 Å². The molecule has 1 atom stereocenters. The number of halogens is 1. The van der Waals surface area contributed by atoms with Crippen molar-refractivity contribution in [3.05, 3.63) is 17.2 Å². The summed E-state index contributed by atoms with van der Waals surface area (Å²) < 4.78 is 15.2. The maximum absolute atomic E-state index is 11.7. The number of rotatable bonds is 5. The van der Waals surface area contributed by atoms with Gasteiger partial charge in [-0.1, -0.05) is 11.6 Å². The molecule has 100 valence electrons. The Balaban J connectivity index is 3.01. The van der Waals surface area contributed by atoms with E-state index in [9.17, 15) is 4.79 Å². The van der Waals surface area contributed by atoms with Crippen LogP contribution in [0.5, 0.6) is 11.5 Å². The lowest BCUT2D eigenvalue weighted by Gasteiger charge is -2.15. The van der Waals surface area contributed by atoms with Crippen molar-refractivity contribution in [2.75, 3.05) is 26.6 Å². The highest BCUT2D eigenvalue weighted by Crippen LogP contribution is 2.35. The summed E-state index contributed by atoms with van der Waals surface area (Å²) in [5.41, 5.74) is 0.470. The van der Waals surface area contributed by atoms with Gasteiger partial charge in [-0.05, 0) is 13.0 Å². The average Bonchev–Trinajstić information content (AvgIpc) is 2.38. The molecule has 0 aliphatic heterocycles. The Morgan fingerprint density at radius 2 is 1.83 bits per heavy atom. The Hall–Kier alpha value is -1.46. The largest absolute Gasteiger partial charge is 0.495 e. The van der Waals surface area contributed by atoms with Gasteiger partial charge in [0.05, 0.1) is 24.9 Å². The van der Waals surface area contributed by atoms with Gasteiger partial charge < -0.3 is 19.5 Å². The zero-order valence-electron chi connectivity index (χ0n) is 10.7. The first-order chi connectivity index (χ1) is 8.53. The van der Waals surface area contributed by atoms with E-state index in [0.717, 1.165) is 0 Å². The standard InChI is InChI=1S/C12H16ClNO4/c1-7(16-2)12(15)14-9-5-8(13)10(17-3)6-11(9)18-4/h5-7H,1-4H3,(H,14,15). The van der Waals surface area contributed by atoms with Crippen molar-refractivity contribution in [1.82, 2.24) is 0 Å². The molecule has 0 aliphatic rings. The fraction of sp³-hybridized carbons (Fsp3) is 0.417. The van der Waals surface area contributed by atoms with Crippen molar-refractivity contribution in [1.29, 1.82) is 0 Å². The molecule has 0 aliphatic carbocycles. The molecule has 0 fully saturated rings. The molecular weight excluding hydrogens is 258 g/mol. The van der Waals surface area contributed by atoms with Crippen molar-refractivity contribution in [3.8, 4) is 11.5 Å². The minimum atomic E-state index is -0.560. The van der Waals surface area contributed by atoms with Crippen LogP contribution >= 0.6 is 11.6 Å². The lowest BCUT2D eigenvalue weighted by Crippen LogP contribution is -2.26. The predicted molar refractivity (Wildman–Crippen MR) is 69.7 cm³/mol. The number of ether oxygens (including phenoxy) is 3. The third-order valence-corrected chi connectivity index (χ3v) is 2.75. The minimum Gasteiger partial charge on any atom is -0.495 e. The van der Waals surface area contributed by atoms with E-state index >= 15 is 0 Å². The molecule has 18 heavy (non-hydrogen) atoms. The molecule has 0 heterocycles. The van der Waals surface area contributed by atoms with E-state index in [1.54, 1.807) is 19.1 Å². The number of nitrogens with one attached hydrogen (secondary N) is 1. The van der Waals surface area contributed by atoms with Gasteiger partial charge in [0.2, 0.25) is 0 Å². The van der Waals surface area contributed by atoms with Gasteiger partial charge in [0.15, 0.2) is 0 Å². The Morgan fingerprint density at radius 1 is 1.22 bits per heavy atom. The SMILES string of the molecule is COc1cc(OC)c(NC(=O)C(C)OC)cc1Cl. The highest BCUT2D eigenvalue weighted by Gasteiger charge is 2.16. The van der Waals surface area contributed by atoms with Gasteiger partial charge in [0.25, 0.3) is 5.91 Å². The highest BCUT2D eigenvalue weighted by atomic mass is 35.5. The molecule has 0 aromatic heterocycles. The molecule has 6 heteroatoms. The molecule has 5 nitrogen and oxygen atoms in total. The molecule has 0 saturated carbocycles. The van der Waals surface area contributed by atoms with Gasteiger partial charge in [-0.15, -0.1) is 0 Å². The van der Waals surface area contributed by atoms with Gasteiger partial charge in [-0.2, -0.15) is 0 Å². The first-order valence-corrected chi connectivity index (χ1v) is 5.66. The molecule has 1 rings (SSSR count). The second-order valence-corrected chi connectivity index (χ2v) is 3.96. The van der Waals surface area contributed by atoms with Gasteiger partial charge in [0, 0.05) is 13.2 Å². The van der Waals surface area contributed by atoms with E-state index in [4.69, 9.17) is 25.8 Å². The number of hydrogen-bond donors (Lipinski definition) is 1. The maximum atomic E-state index is 11.7. The van der Waals surface area contributed by atoms with Gasteiger partial charge >= 0.3 is 0 Å². The van der Waals surface area contributed by atoms with Crippen LogP contribution in [0.25, 0.3) is 0 Å². The average molecular weight is 274 g/mol. The molecule has 1 unspecified atom stereocenters. The molecular formula is C12H16ClNO4. The number of carbonyl (C=O) groups excluding carboxylic acids is 1. The van der Waals surface area contributed by atoms with Crippen LogP contribution in [0, 0.1) is 0 Å². The Kier molecular flexibility index (Phi) is 5.25. The van der Waals surface area contributed by atoms with Crippen LogP contribution in [0.15, 0.2) is 12.1 Å². The van der Waals surface area contributed by atoms with E-state index in [1.807, 2.05) is 0 Å². The molecule has 1 amide bonds. The number of benzene rings is 1. The second kappa shape index (κ2) is 6.47. The Morgan fingerprint density at radius 3 is 2.33 bits per heavy atom. The number of carbonyl (C=O) groups is 1. The smallest absolute Gasteiger partial charge is 0.253 e. The van der Waals surface area contributed by atoms with Gasteiger partial charge in [-0.25, -0.2) is 0 Å². The van der Waals surface area contributed by atoms with Crippen LogP contribution in [-0.4, -0.2) is 33.3 Å². The van der Waals surface area contributed by atoms with E-state index in [1.165, 1.54) is 21.3 Å². The molecule has 1 aromatic carbocycles. The molecule has 1 aromatic rings. The highest BCUT2D eigenvalue weighted by molar-refractivity contribution is 6.32.